The van der Waals surface area contributed by atoms with E-state index < -0.39 is 0 Å². The Labute approximate surface area is 121 Å². The summed E-state index contributed by atoms with van der Waals surface area (Å²) < 4.78 is 7.06. The zero-order valence-corrected chi connectivity index (χ0v) is 13.3. The van der Waals surface area contributed by atoms with Gasteiger partial charge in [-0.05, 0) is 58.1 Å². The Bertz CT molecular complexity index is 531. The Morgan fingerprint density at radius 1 is 1.22 bits per heavy atom. The van der Waals surface area contributed by atoms with Crippen molar-refractivity contribution in [1.29, 1.82) is 0 Å². The molecule has 0 bridgehead atoms. The Kier molecular flexibility index (Phi) is 4.46. The van der Waals surface area contributed by atoms with Gasteiger partial charge < -0.3 is 4.74 Å². The van der Waals surface area contributed by atoms with Gasteiger partial charge in [-0.3, -0.25) is 0 Å². The number of hydrogen-bond donors (Lipinski definition) is 0. The average molecular weight is 325 g/mol. The summed E-state index contributed by atoms with van der Waals surface area (Å²) in [4.78, 5) is 1.23. The zero-order chi connectivity index (χ0) is 13.1. The van der Waals surface area contributed by atoms with E-state index in [4.69, 9.17) is 4.74 Å². The maximum Gasteiger partial charge on any atom is 0.123 e. The normalized spacial score (nSPS) is 10.9. The third-order valence-corrected chi connectivity index (χ3v) is 4.47. The van der Waals surface area contributed by atoms with Crippen LogP contribution in [0.25, 0.3) is 0 Å². The van der Waals surface area contributed by atoms with Gasteiger partial charge in [0.1, 0.15) is 12.4 Å². The summed E-state index contributed by atoms with van der Waals surface area (Å²) in [5, 5.41) is 0. The van der Waals surface area contributed by atoms with E-state index in [2.05, 4.69) is 67.0 Å². The largest absolute Gasteiger partial charge is 0.488 e. The van der Waals surface area contributed by atoms with Gasteiger partial charge in [-0.1, -0.05) is 26.0 Å². The molecule has 0 aliphatic heterocycles. The number of hydrogen-bond acceptors (Lipinski definition) is 2. The van der Waals surface area contributed by atoms with Gasteiger partial charge in [0.15, 0.2) is 0 Å². The molecule has 1 aromatic carbocycles. The fourth-order valence-electron chi connectivity index (χ4n) is 1.71. The number of aryl methyl sites for hydroxylation is 1. The number of ether oxygens (including phenoxy) is 1. The van der Waals surface area contributed by atoms with Crippen LogP contribution in [-0.4, -0.2) is 0 Å². The van der Waals surface area contributed by atoms with Gasteiger partial charge in [-0.25, -0.2) is 0 Å². The molecular formula is C15H17BrOS. The van der Waals surface area contributed by atoms with E-state index in [-0.39, 0.29) is 0 Å². The molecule has 0 saturated carbocycles. The highest BCUT2D eigenvalue weighted by molar-refractivity contribution is 9.11. The number of thiophene rings is 1. The molecule has 0 unspecified atom stereocenters. The van der Waals surface area contributed by atoms with Gasteiger partial charge in [0.05, 0.1) is 3.79 Å². The van der Waals surface area contributed by atoms with Crippen molar-refractivity contribution in [1.82, 2.24) is 0 Å². The van der Waals surface area contributed by atoms with Crippen LogP contribution >= 0.6 is 27.3 Å². The lowest BCUT2D eigenvalue weighted by atomic mass is 10.0. The van der Waals surface area contributed by atoms with Crippen LogP contribution < -0.4 is 4.74 Å². The standard InChI is InChI=1S/C15H17BrOS/c1-10(2)12-5-4-11(3)14(8-12)17-9-13-6-7-15(16)18-13/h4-8,10H,9H2,1-3H3. The SMILES string of the molecule is Cc1ccc(C(C)C)cc1OCc1ccc(Br)s1. The molecule has 0 spiro atoms. The second kappa shape index (κ2) is 5.89. The van der Waals surface area contributed by atoms with Gasteiger partial charge in [0, 0.05) is 4.88 Å². The minimum Gasteiger partial charge on any atom is -0.488 e. The fraction of sp³-hybridized carbons (Fsp3) is 0.333. The van der Waals surface area contributed by atoms with Crippen molar-refractivity contribution < 1.29 is 4.74 Å². The first kappa shape index (κ1) is 13.6. The topological polar surface area (TPSA) is 9.23 Å². The summed E-state index contributed by atoms with van der Waals surface area (Å²) in [6, 6.07) is 10.6. The third-order valence-electron chi connectivity index (χ3n) is 2.88. The monoisotopic (exact) mass is 324 g/mol. The van der Waals surface area contributed by atoms with Gasteiger partial charge in [0.2, 0.25) is 0 Å². The molecule has 0 aliphatic rings. The van der Waals surface area contributed by atoms with Crippen molar-refractivity contribution in [3.63, 3.8) is 0 Å². The molecular weight excluding hydrogens is 308 g/mol. The quantitative estimate of drug-likeness (QED) is 0.719. The average Bonchev–Trinajstić information content (AvgIpc) is 2.74. The fourth-order valence-corrected chi connectivity index (χ4v) is 3.11. The van der Waals surface area contributed by atoms with Crippen LogP contribution in [0.3, 0.4) is 0 Å². The number of benzene rings is 1. The first-order chi connectivity index (χ1) is 8.56. The second-order valence-electron chi connectivity index (χ2n) is 4.67. The second-order valence-corrected chi connectivity index (χ2v) is 7.22. The zero-order valence-electron chi connectivity index (χ0n) is 10.9. The molecule has 0 N–H and O–H groups in total. The van der Waals surface area contributed by atoms with Gasteiger partial charge in [-0.2, -0.15) is 0 Å². The van der Waals surface area contributed by atoms with E-state index in [1.54, 1.807) is 11.3 Å². The predicted octanol–water partition coefficient (Wildman–Crippen LogP) is 5.52. The van der Waals surface area contributed by atoms with Gasteiger partial charge in [0.25, 0.3) is 0 Å². The maximum absolute atomic E-state index is 5.92. The summed E-state index contributed by atoms with van der Waals surface area (Å²) in [6.07, 6.45) is 0. The molecule has 0 radical (unpaired) electrons. The molecule has 0 aliphatic carbocycles. The van der Waals surface area contributed by atoms with Crippen LogP contribution in [0.1, 0.15) is 35.8 Å². The summed E-state index contributed by atoms with van der Waals surface area (Å²) >= 11 is 5.18. The van der Waals surface area contributed by atoms with E-state index >= 15 is 0 Å². The molecule has 1 nitrogen and oxygen atoms in total. The Hall–Kier alpha value is -0.800. The molecule has 0 amide bonds. The summed E-state index contributed by atoms with van der Waals surface area (Å²) in [6.45, 7) is 7.12. The molecule has 0 atom stereocenters. The van der Waals surface area contributed by atoms with Crippen LogP contribution in [-0.2, 0) is 6.61 Å². The minimum atomic E-state index is 0.531. The lowest BCUT2D eigenvalue weighted by Crippen LogP contribution is -1.97. The van der Waals surface area contributed by atoms with Crippen molar-refractivity contribution in [2.24, 2.45) is 0 Å². The van der Waals surface area contributed by atoms with Crippen molar-refractivity contribution in [3.8, 4) is 5.75 Å². The number of halogens is 1. The lowest BCUT2D eigenvalue weighted by Gasteiger charge is -2.12. The molecule has 2 rings (SSSR count). The molecule has 3 heteroatoms. The van der Waals surface area contributed by atoms with E-state index in [1.807, 2.05) is 0 Å². The maximum atomic E-state index is 5.92. The lowest BCUT2D eigenvalue weighted by molar-refractivity contribution is 0.307. The van der Waals surface area contributed by atoms with Gasteiger partial charge >= 0.3 is 0 Å². The van der Waals surface area contributed by atoms with E-state index in [0.29, 0.717) is 12.5 Å². The molecule has 1 aromatic heterocycles. The van der Waals surface area contributed by atoms with Crippen LogP contribution in [0.5, 0.6) is 5.75 Å². The van der Waals surface area contributed by atoms with Crippen molar-refractivity contribution >= 4 is 27.3 Å². The summed E-state index contributed by atoms with van der Waals surface area (Å²) in [5.41, 5.74) is 2.51. The Morgan fingerprint density at radius 3 is 2.61 bits per heavy atom. The van der Waals surface area contributed by atoms with Crippen LogP contribution in [0.2, 0.25) is 0 Å². The van der Waals surface area contributed by atoms with Crippen molar-refractivity contribution in [2.75, 3.05) is 0 Å². The van der Waals surface area contributed by atoms with Gasteiger partial charge in [-0.15, -0.1) is 11.3 Å². The highest BCUT2D eigenvalue weighted by Crippen LogP contribution is 2.27. The van der Waals surface area contributed by atoms with Crippen LogP contribution in [0.4, 0.5) is 0 Å². The molecule has 0 saturated heterocycles. The summed E-state index contributed by atoms with van der Waals surface area (Å²) in [7, 11) is 0. The van der Waals surface area contributed by atoms with E-state index in [0.717, 1.165) is 9.54 Å². The third kappa shape index (κ3) is 3.36. The summed E-state index contributed by atoms with van der Waals surface area (Å²) in [5.74, 6) is 1.52. The first-order valence-electron chi connectivity index (χ1n) is 6.04. The molecule has 1 heterocycles. The van der Waals surface area contributed by atoms with Crippen LogP contribution in [0.15, 0.2) is 34.1 Å². The first-order valence-corrected chi connectivity index (χ1v) is 7.65. The minimum absolute atomic E-state index is 0.531. The van der Waals surface area contributed by atoms with E-state index in [9.17, 15) is 0 Å². The molecule has 18 heavy (non-hydrogen) atoms. The van der Waals surface area contributed by atoms with E-state index in [1.165, 1.54) is 16.0 Å². The highest BCUT2D eigenvalue weighted by atomic mass is 79.9. The Balaban J connectivity index is 2.10. The van der Waals surface area contributed by atoms with Crippen molar-refractivity contribution in [2.45, 2.75) is 33.3 Å². The van der Waals surface area contributed by atoms with Crippen LogP contribution in [0, 0.1) is 6.92 Å². The molecule has 2 aromatic rings. The predicted molar refractivity (Wildman–Crippen MR) is 81.6 cm³/mol. The molecule has 0 fully saturated rings. The highest BCUT2D eigenvalue weighted by Gasteiger charge is 2.06. The van der Waals surface area contributed by atoms with Crippen molar-refractivity contribution in [3.05, 3.63) is 50.1 Å². The Morgan fingerprint density at radius 2 is 2.00 bits per heavy atom. The smallest absolute Gasteiger partial charge is 0.123 e. The number of rotatable bonds is 4. The molecule has 96 valence electrons.